The first-order chi connectivity index (χ1) is 6.77. The van der Waals surface area contributed by atoms with Gasteiger partial charge in [-0.05, 0) is 38.8 Å². The lowest BCUT2D eigenvalue weighted by Crippen LogP contribution is -2.48. The van der Waals surface area contributed by atoms with Gasteiger partial charge in [0.1, 0.15) is 0 Å². The van der Waals surface area contributed by atoms with Crippen molar-refractivity contribution in [3.63, 3.8) is 0 Å². The number of likely N-dealkylation sites (tertiary alicyclic amines) is 1. The van der Waals surface area contributed by atoms with E-state index in [2.05, 4.69) is 29.0 Å². The third-order valence-electron chi connectivity index (χ3n) is 3.66. The number of rotatable bonds is 2. The number of hydrazine groups is 1. The first-order valence-corrected chi connectivity index (χ1v) is 5.93. The highest BCUT2D eigenvalue weighted by atomic mass is 15.6. The summed E-state index contributed by atoms with van der Waals surface area (Å²) in [6, 6.07) is 0.883. The van der Waals surface area contributed by atoms with Crippen LogP contribution < -0.4 is 0 Å². The third-order valence-corrected chi connectivity index (χ3v) is 3.66. The summed E-state index contributed by atoms with van der Waals surface area (Å²) in [6.45, 7) is 5.20. The van der Waals surface area contributed by atoms with Gasteiger partial charge >= 0.3 is 0 Å². The van der Waals surface area contributed by atoms with Crippen LogP contribution in [0.1, 0.15) is 25.7 Å². The molecule has 14 heavy (non-hydrogen) atoms. The second-order valence-electron chi connectivity index (χ2n) is 4.78. The predicted molar refractivity (Wildman–Crippen MR) is 59.1 cm³/mol. The summed E-state index contributed by atoms with van der Waals surface area (Å²) >= 11 is 0. The average molecular weight is 197 g/mol. The van der Waals surface area contributed by atoms with Crippen molar-refractivity contribution < 1.29 is 0 Å². The molecule has 2 heterocycles. The lowest BCUT2D eigenvalue weighted by molar-refractivity contribution is -0.0148. The van der Waals surface area contributed by atoms with Crippen molar-refractivity contribution in [1.29, 1.82) is 0 Å². The number of nitrogens with zero attached hydrogens (tertiary/aromatic N) is 3. The van der Waals surface area contributed by atoms with Crippen molar-refractivity contribution in [3.8, 4) is 0 Å². The molecular weight excluding hydrogens is 174 g/mol. The summed E-state index contributed by atoms with van der Waals surface area (Å²) in [4.78, 5) is 2.70. The van der Waals surface area contributed by atoms with E-state index < -0.39 is 0 Å². The lowest BCUT2D eigenvalue weighted by Gasteiger charge is -2.39. The maximum absolute atomic E-state index is 2.70. The Kier molecular flexibility index (Phi) is 3.42. The molecule has 0 aromatic carbocycles. The van der Waals surface area contributed by atoms with E-state index in [4.69, 9.17) is 0 Å². The quantitative estimate of drug-likeness (QED) is 0.654. The van der Waals surface area contributed by atoms with Gasteiger partial charge in [0.15, 0.2) is 0 Å². The van der Waals surface area contributed by atoms with Crippen LogP contribution in [0.15, 0.2) is 0 Å². The van der Waals surface area contributed by atoms with Crippen LogP contribution in [-0.2, 0) is 0 Å². The van der Waals surface area contributed by atoms with Crippen molar-refractivity contribution >= 4 is 0 Å². The van der Waals surface area contributed by atoms with Crippen LogP contribution in [0.5, 0.6) is 0 Å². The molecular formula is C11H23N3. The van der Waals surface area contributed by atoms with E-state index in [-0.39, 0.29) is 0 Å². The molecule has 2 saturated heterocycles. The zero-order chi connectivity index (χ0) is 9.97. The van der Waals surface area contributed by atoms with Crippen molar-refractivity contribution in [2.45, 2.75) is 31.7 Å². The third kappa shape index (κ3) is 2.27. The fraction of sp³-hybridized carbons (Fsp3) is 1.00. The maximum Gasteiger partial charge on any atom is 0.0148 e. The van der Waals surface area contributed by atoms with Crippen LogP contribution in [-0.4, -0.2) is 61.2 Å². The molecule has 0 atom stereocenters. The van der Waals surface area contributed by atoms with Crippen LogP contribution in [0.4, 0.5) is 0 Å². The summed E-state index contributed by atoms with van der Waals surface area (Å²) < 4.78 is 0. The molecule has 2 rings (SSSR count). The minimum absolute atomic E-state index is 0.883. The maximum atomic E-state index is 2.70. The summed E-state index contributed by atoms with van der Waals surface area (Å²) in [5.41, 5.74) is 0. The van der Waals surface area contributed by atoms with E-state index in [0.29, 0.717) is 0 Å². The molecule has 0 unspecified atom stereocenters. The van der Waals surface area contributed by atoms with Gasteiger partial charge in [0, 0.05) is 33.2 Å². The van der Waals surface area contributed by atoms with Gasteiger partial charge in [-0.2, -0.15) is 0 Å². The van der Waals surface area contributed by atoms with Crippen molar-refractivity contribution in [2.75, 3.05) is 40.3 Å². The Labute approximate surface area is 87.6 Å². The average Bonchev–Trinajstić information content (AvgIpc) is 2.71. The Morgan fingerprint density at radius 1 is 0.929 bits per heavy atom. The van der Waals surface area contributed by atoms with Gasteiger partial charge in [0.05, 0.1) is 0 Å². The summed E-state index contributed by atoms with van der Waals surface area (Å²) in [7, 11) is 4.30. The van der Waals surface area contributed by atoms with Gasteiger partial charge in [-0.25, -0.2) is 10.0 Å². The van der Waals surface area contributed by atoms with E-state index in [0.717, 1.165) is 6.04 Å². The van der Waals surface area contributed by atoms with Crippen LogP contribution >= 0.6 is 0 Å². The first kappa shape index (κ1) is 10.4. The fourth-order valence-corrected chi connectivity index (χ4v) is 2.72. The van der Waals surface area contributed by atoms with Gasteiger partial charge in [-0.1, -0.05) is 0 Å². The first-order valence-electron chi connectivity index (χ1n) is 5.93. The molecule has 82 valence electrons. The van der Waals surface area contributed by atoms with Crippen LogP contribution in [0.2, 0.25) is 0 Å². The van der Waals surface area contributed by atoms with E-state index in [1.165, 1.54) is 51.9 Å². The Morgan fingerprint density at radius 3 is 2.00 bits per heavy atom. The van der Waals surface area contributed by atoms with Gasteiger partial charge in [0.25, 0.3) is 0 Å². The Bertz CT molecular complexity index is 167. The largest absolute Gasteiger partial charge is 0.300 e. The molecule has 2 fully saturated rings. The van der Waals surface area contributed by atoms with E-state index in [9.17, 15) is 0 Å². The normalized spacial score (nSPS) is 27.6. The Morgan fingerprint density at radius 2 is 1.50 bits per heavy atom. The molecule has 2 aliphatic heterocycles. The van der Waals surface area contributed by atoms with E-state index in [1.807, 2.05) is 0 Å². The highest BCUT2D eigenvalue weighted by molar-refractivity contribution is 4.81. The summed E-state index contributed by atoms with van der Waals surface area (Å²) in [6.07, 6.45) is 5.57. The molecule has 0 saturated carbocycles. The van der Waals surface area contributed by atoms with Crippen LogP contribution in [0.3, 0.4) is 0 Å². The molecule has 0 N–H and O–H groups in total. The Hall–Kier alpha value is -0.120. The molecule has 2 aliphatic rings. The molecule has 0 bridgehead atoms. The molecule has 0 spiro atoms. The summed E-state index contributed by atoms with van der Waals surface area (Å²) in [5.74, 6) is 0. The molecule has 0 aromatic heterocycles. The lowest BCUT2D eigenvalue weighted by atomic mass is 10.0. The number of hydrogen-bond acceptors (Lipinski definition) is 3. The molecule has 3 nitrogen and oxygen atoms in total. The van der Waals surface area contributed by atoms with Crippen molar-refractivity contribution in [3.05, 3.63) is 0 Å². The SMILES string of the molecule is CN(C)N1CCC(N2CCCC2)CC1. The van der Waals surface area contributed by atoms with Crippen LogP contribution in [0, 0.1) is 0 Å². The highest BCUT2D eigenvalue weighted by Gasteiger charge is 2.26. The highest BCUT2D eigenvalue weighted by Crippen LogP contribution is 2.20. The van der Waals surface area contributed by atoms with Crippen molar-refractivity contribution in [1.82, 2.24) is 14.9 Å². The van der Waals surface area contributed by atoms with Gasteiger partial charge in [0.2, 0.25) is 0 Å². The van der Waals surface area contributed by atoms with Gasteiger partial charge in [-0.15, -0.1) is 0 Å². The van der Waals surface area contributed by atoms with E-state index >= 15 is 0 Å². The molecule has 0 aliphatic carbocycles. The standard InChI is InChI=1S/C11H23N3/c1-12(2)14-9-5-11(6-10-14)13-7-3-4-8-13/h11H,3-10H2,1-2H3. The van der Waals surface area contributed by atoms with Crippen LogP contribution in [0.25, 0.3) is 0 Å². The van der Waals surface area contributed by atoms with Gasteiger partial charge < -0.3 is 4.90 Å². The zero-order valence-electron chi connectivity index (χ0n) is 9.58. The second-order valence-corrected chi connectivity index (χ2v) is 4.78. The smallest absolute Gasteiger partial charge is 0.0148 e. The molecule has 3 heteroatoms. The molecule has 0 radical (unpaired) electrons. The minimum Gasteiger partial charge on any atom is -0.300 e. The Balaban J connectivity index is 1.77. The van der Waals surface area contributed by atoms with E-state index in [1.54, 1.807) is 0 Å². The topological polar surface area (TPSA) is 9.72 Å². The summed E-state index contributed by atoms with van der Waals surface area (Å²) in [5, 5.41) is 4.69. The number of piperidine rings is 1. The fourth-order valence-electron chi connectivity index (χ4n) is 2.72. The monoisotopic (exact) mass is 197 g/mol. The number of hydrogen-bond donors (Lipinski definition) is 0. The second kappa shape index (κ2) is 4.60. The predicted octanol–water partition coefficient (Wildman–Crippen LogP) is 1.02. The van der Waals surface area contributed by atoms with Gasteiger partial charge in [-0.3, -0.25) is 0 Å². The zero-order valence-corrected chi connectivity index (χ0v) is 9.58. The molecule has 0 aromatic rings. The molecule has 0 amide bonds. The van der Waals surface area contributed by atoms with Crippen molar-refractivity contribution in [2.24, 2.45) is 0 Å². The minimum atomic E-state index is 0.883.